The largest absolute Gasteiger partial charge is 0.302 e. The molecule has 1 aromatic heterocycles. The molecule has 1 atom stereocenters. The van der Waals surface area contributed by atoms with Crippen molar-refractivity contribution in [3.8, 4) is 0 Å². The average Bonchev–Trinajstić information content (AvgIpc) is 3.20. The quantitative estimate of drug-likeness (QED) is 0.528. The van der Waals surface area contributed by atoms with Crippen LogP contribution in [0.25, 0.3) is 10.2 Å². The number of hydrogen-bond acceptors (Lipinski definition) is 7. The minimum Gasteiger partial charge on any atom is -0.302 e. The second-order valence-corrected chi connectivity index (χ2v) is 13.2. The van der Waals surface area contributed by atoms with Gasteiger partial charge in [-0.25, -0.2) is 30.5 Å². The van der Waals surface area contributed by atoms with Crippen LogP contribution in [-0.4, -0.2) is 63.5 Å². The molecule has 0 bridgehead atoms. The Labute approximate surface area is 201 Å². The van der Waals surface area contributed by atoms with Crippen LogP contribution in [0.3, 0.4) is 0 Å². The first-order valence-electron chi connectivity index (χ1n) is 10.4. The summed E-state index contributed by atoms with van der Waals surface area (Å²) in [5.41, 5.74) is 0.544. The van der Waals surface area contributed by atoms with Crippen LogP contribution < -0.4 is 5.32 Å². The van der Waals surface area contributed by atoms with Crippen molar-refractivity contribution >= 4 is 52.6 Å². The molecule has 9 nitrogen and oxygen atoms in total. The Morgan fingerprint density at radius 3 is 2.47 bits per heavy atom. The zero-order valence-corrected chi connectivity index (χ0v) is 20.9. The minimum absolute atomic E-state index is 0.00165. The molecule has 1 unspecified atom stereocenters. The number of anilines is 1. The summed E-state index contributed by atoms with van der Waals surface area (Å²) in [5.74, 6) is -1.48. The Bertz CT molecular complexity index is 1440. The van der Waals surface area contributed by atoms with Crippen LogP contribution in [0.5, 0.6) is 0 Å². The number of carbonyl (C=O) groups excluding carboxylic acids is 1. The summed E-state index contributed by atoms with van der Waals surface area (Å²) in [7, 11) is -4.56. The van der Waals surface area contributed by atoms with Crippen LogP contribution in [0.4, 0.5) is 9.52 Å². The molecule has 0 radical (unpaired) electrons. The van der Waals surface area contributed by atoms with Gasteiger partial charge in [0.25, 0.3) is 0 Å². The number of carbonyl (C=O) groups is 1. The van der Waals surface area contributed by atoms with Crippen molar-refractivity contribution in [3.63, 3.8) is 0 Å². The van der Waals surface area contributed by atoms with E-state index in [-0.39, 0.29) is 28.8 Å². The van der Waals surface area contributed by atoms with Gasteiger partial charge in [0, 0.05) is 27.2 Å². The summed E-state index contributed by atoms with van der Waals surface area (Å²) in [6, 6.07) is 9.14. The molecular formula is C21H23FN4O5S3. The Hall–Kier alpha value is -2.45. The van der Waals surface area contributed by atoms with Gasteiger partial charge in [0.05, 0.1) is 25.9 Å². The fourth-order valence-electron chi connectivity index (χ4n) is 3.67. The lowest BCUT2D eigenvalue weighted by molar-refractivity contribution is -0.120. The lowest BCUT2D eigenvalue weighted by Crippen LogP contribution is -2.43. The van der Waals surface area contributed by atoms with E-state index in [9.17, 15) is 26.0 Å². The van der Waals surface area contributed by atoms with Gasteiger partial charge >= 0.3 is 0 Å². The molecule has 1 amide bonds. The number of hydrogen-bond donors (Lipinski definition) is 1. The summed E-state index contributed by atoms with van der Waals surface area (Å²) in [6.07, 6.45) is 1.02. The van der Waals surface area contributed by atoms with Gasteiger partial charge in [-0.2, -0.15) is 4.31 Å². The molecule has 0 saturated carbocycles. The maximum atomic E-state index is 13.2. The Morgan fingerprint density at radius 1 is 1.12 bits per heavy atom. The predicted octanol–water partition coefficient (Wildman–Crippen LogP) is 2.73. The number of benzene rings is 2. The first-order valence-corrected chi connectivity index (χ1v) is 14.1. The molecule has 0 spiro atoms. The third-order valence-corrected chi connectivity index (χ3v) is 10.2. The lowest BCUT2D eigenvalue weighted by atomic mass is 9.99. The number of nitrogens with zero attached hydrogens (tertiary/aromatic N) is 3. The molecular weight excluding hydrogens is 503 g/mol. The van der Waals surface area contributed by atoms with E-state index in [4.69, 9.17) is 0 Å². The van der Waals surface area contributed by atoms with Gasteiger partial charge in [-0.1, -0.05) is 11.3 Å². The normalized spacial score (nSPS) is 17.8. The van der Waals surface area contributed by atoms with Crippen molar-refractivity contribution in [2.45, 2.75) is 22.6 Å². The summed E-state index contributed by atoms with van der Waals surface area (Å²) in [4.78, 5) is 17.3. The van der Waals surface area contributed by atoms with Crippen LogP contribution in [0.1, 0.15) is 12.8 Å². The smallest absolute Gasteiger partial charge is 0.243 e. The van der Waals surface area contributed by atoms with Crippen molar-refractivity contribution in [1.29, 1.82) is 0 Å². The highest BCUT2D eigenvalue weighted by atomic mass is 32.2. The van der Waals surface area contributed by atoms with Crippen LogP contribution in [-0.2, 0) is 24.8 Å². The SMILES string of the molecule is CN(C)S(=O)(=O)c1ccc2nc(NC(=O)C3CCCN(S(=O)(=O)c4ccc(F)cc4)C3)sc2c1. The van der Waals surface area contributed by atoms with Crippen LogP contribution in [0.15, 0.2) is 52.3 Å². The number of sulfonamides is 2. The van der Waals surface area contributed by atoms with E-state index in [2.05, 4.69) is 10.3 Å². The van der Waals surface area contributed by atoms with E-state index in [1.54, 1.807) is 6.07 Å². The molecule has 0 aliphatic carbocycles. The molecule has 1 aliphatic heterocycles. The highest BCUT2D eigenvalue weighted by Crippen LogP contribution is 2.30. The molecule has 3 aromatic rings. The van der Waals surface area contributed by atoms with Crippen LogP contribution >= 0.6 is 11.3 Å². The van der Waals surface area contributed by atoms with Crippen molar-refractivity contribution in [2.75, 3.05) is 32.5 Å². The Balaban J connectivity index is 1.49. The zero-order valence-electron chi connectivity index (χ0n) is 18.4. The molecule has 1 saturated heterocycles. The monoisotopic (exact) mass is 526 g/mol. The van der Waals surface area contributed by atoms with Gasteiger partial charge in [0.1, 0.15) is 5.82 Å². The summed E-state index contributed by atoms with van der Waals surface area (Å²) >= 11 is 1.14. The first kappa shape index (κ1) is 24.7. The molecule has 4 rings (SSSR count). The molecule has 2 heterocycles. The summed E-state index contributed by atoms with van der Waals surface area (Å²) in [6.45, 7) is 0.273. The number of thiazole rings is 1. The first-order chi connectivity index (χ1) is 16.0. The minimum atomic E-state index is -3.85. The highest BCUT2D eigenvalue weighted by Gasteiger charge is 2.33. The van der Waals surface area contributed by atoms with Crippen molar-refractivity contribution in [2.24, 2.45) is 5.92 Å². The summed E-state index contributed by atoms with van der Waals surface area (Å²) in [5, 5.41) is 3.04. The van der Waals surface area contributed by atoms with E-state index < -0.39 is 31.8 Å². The van der Waals surface area contributed by atoms with E-state index in [0.29, 0.717) is 28.2 Å². The van der Waals surface area contributed by atoms with Gasteiger partial charge in [0.2, 0.25) is 26.0 Å². The molecule has 34 heavy (non-hydrogen) atoms. The van der Waals surface area contributed by atoms with E-state index in [1.807, 2.05) is 0 Å². The van der Waals surface area contributed by atoms with Gasteiger partial charge in [0.15, 0.2) is 5.13 Å². The third kappa shape index (κ3) is 4.84. The van der Waals surface area contributed by atoms with Gasteiger partial charge in [-0.15, -0.1) is 0 Å². The molecule has 1 N–H and O–H groups in total. The molecule has 13 heteroatoms. The van der Waals surface area contributed by atoms with Gasteiger partial charge in [-0.05, 0) is 55.3 Å². The maximum Gasteiger partial charge on any atom is 0.243 e. The number of piperidine rings is 1. The molecule has 2 aromatic carbocycles. The second kappa shape index (κ2) is 9.30. The van der Waals surface area contributed by atoms with Crippen LogP contribution in [0, 0.1) is 11.7 Å². The van der Waals surface area contributed by atoms with E-state index in [0.717, 1.165) is 27.8 Å². The lowest BCUT2D eigenvalue weighted by Gasteiger charge is -2.31. The molecule has 1 aliphatic rings. The summed E-state index contributed by atoms with van der Waals surface area (Å²) < 4.78 is 66.7. The maximum absolute atomic E-state index is 13.2. The molecule has 182 valence electrons. The molecule has 1 fully saturated rings. The highest BCUT2D eigenvalue weighted by molar-refractivity contribution is 7.89. The van der Waals surface area contributed by atoms with Crippen molar-refractivity contribution in [3.05, 3.63) is 48.3 Å². The van der Waals surface area contributed by atoms with Crippen molar-refractivity contribution < 1.29 is 26.0 Å². The fourth-order valence-corrected chi connectivity index (χ4v) is 7.10. The third-order valence-electron chi connectivity index (χ3n) is 5.57. The van der Waals surface area contributed by atoms with E-state index >= 15 is 0 Å². The zero-order chi connectivity index (χ0) is 24.7. The fraction of sp³-hybridized carbons (Fsp3) is 0.333. The van der Waals surface area contributed by atoms with Crippen molar-refractivity contribution in [1.82, 2.24) is 13.6 Å². The topological polar surface area (TPSA) is 117 Å². The number of amides is 1. The van der Waals surface area contributed by atoms with Crippen LogP contribution in [0.2, 0.25) is 0 Å². The van der Waals surface area contributed by atoms with E-state index in [1.165, 1.54) is 42.7 Å². The predicted molar refractivity (Wildman–Crippen MR) is 127 cm³/mol. The number of fused-ring (bicyclic) bond motifs is 1. The standard InChI is InChI=1S/C21H23FN4O5S3/c1-25(2)33(28,29)17-9-10-18-19(12-17)32-21(23-18)24-20(27)14-4-3-11-26(13-14)34(30,31)16-7-5-15(22)6-8-16/h5-10,12,14H,3-4,11,13H2,1-2H3,(H,23,24,27). The average molecular weight is 527 g/mol. The second-order valence-electron chi connectivity index (χ2n) is 8.08. The number of nitrogens with one attached hydrogen (secondary N) is 1. The number of aromatic nitrogens is 1. The number of halogens is 1. The Morgan fingerprint density at radius 2 is 1.79 bits per heavy atom. The van der Waals surface area contributed by atoms with Gasteiger partial charge in [-0.3, -0.25) is 4.79 Å². The number of rotatable bonds is 6. The van der Waals surface area contributed by atoms with Gasteiger partial charge < -0.3 is 5.32 Å². The Kier molecular flexibility index (Phi) is 6.75.